The Morgan fingerprint density at radius 3 is 2.38 bits per heavy atom. The third-order valence-corrected chi connectivity index (χ3v) is 4.74. The van der Waals surface area contributed by atoms with E-state index in [1.54, 1.807) is 44.6 Å². The second-order valence-corrected chi connectivity index (χ2v) is 6.81. The number of aliphatic imine (C=N–C) groups is 1. The van der Waals surface area contributed by atoms with Crippen LogP contribution in [0.3, 0.4) is 0 Å². The third kappa shape index (κ3) is 7.56. The number of aromatic nitrogens is 2. The number of hydrogen-bond acceptors (Lipinski definition) is 4. The van der Waals surface area contributed by atoms with Crippen molar-refractivity contribution in [3.63, 3.8) is 0 Å². The highest BCUT2D eigenvalue weighted by Crippen LogP contribution is 2.11. The largest absolute Gasteiger partial charge is 0.497 e. The van der Waals surface area contributed by atoms with Crippen LogP contribution in [0.5, 0.6) is 5.75 Å². The molecular formula is C23H29IN6O2. The highest BCUT2D eigenvalue weighted by atomic mass is 127. The van der Waals surface area contributed by atoms with Gasteiger partial charge in [-0.05, 0) is 41.5 Å². The smallest absolute Gasteiger partial charge is 0.251 e. The van der Waals surface area contributed by atoms with Crippen LogP contribution in [-0.4, -0.2) is 48.9 Å². The van der Waals surface area contributed by atoms with Gasteiger partial charge in [-0.25, -0.2) is 0 Å². The Morgan fingerprint density at radius 1 is 1.00 bits per heavy atom. The van der Waals surface area contributed by atoms with Crippen molar-refractivity contribution in [2.45, 2.75) is 13.1 Å². The van der Waals surface area contributed by atoms with E-state index in [9.17, 15) is 4.79 Å². The van der Waals surface area contributed by atoms with E-state index in [0.717, 1.165) is 5.75 Å². The molecule has 1 aromatic heterocycles. The van der Waals surface area contributed by atoms with Crippen molar-refractivity contribution in [2.75, 3.05) is 27.2 Å². The topological polar surface area (TPSA) is 92.6 Å². The number of nitrogens with one attached hydrogen (secondary N) is 3. The van der Waals surface area contributed by atoms with Gasteiger partial charge in [-0.1, -0.05) is 24.3 Å². The summed E-state index contributed by atoms with van der Waals surface area (Å²) in [7, 11) is 3.32. The van der Waals surface area contributed by atoms with Gasteiger partial charge in [0.2, 0.25) is 0 Å². The lowest BCUT2D eigenvalue weighted by Crippen LogP contribution is -2.41. The second-order valence-electron chi connectivity index (χ2n) is 6.81. The number of rotatable bonds is 9. The molecule has 1 amide bonds. The maximum Gasteiger partial charge on any atom is 0.251 e. The summed E-state index contributed by atoms with van der Waals surface area (Å²) in [5, 5.41) is 13.7. The normalized spacial score (nSPS) is 10.8. The van der Waals surface area contributed by atoms with E-state index >= 15 is 0 Å². The Morgan fingerprint density at radius 2 is 1.72 bits per heavy atom. The molecule has 1 heterocycles. The summed E-state index contributed by atoms with van der Waals surface area (Å²) in [6, 6.07) is 17.2. The predicted octanol–water partition coefficient (Wildman–Crippen LogP) is 2.65. The quantitative estimate of drug-likeness (QED) is 0.166. The zero-order chi connectivity index (χ0) is 21.9. The van der Waals surface area contributed by atoms with E-state index in [1.165, 1.54) is 11.1 Å². The van der Waals surface area contributed by atoms with Gasteiger partial charge in [0.15, 0.2) is 5.96 Å². The van der Waals surface area contributed by atoms with Crippen LogP contribution in [0.15, 0.2) is 72.0 Å². The summed E-state index contributed by atoms with van der Waals surface area (Å²) in [5.41, 5.74) is 2.96. The Labute approximate surface area is 205 Å². The van der Waals surface area contributed by atoms with E-state index in [4.69, 9.17) is 4.74 Å². The molecule has 0 bridgehead atoms. The summed E-state index contributed by atoms with van der Waals surface area (Å²) in [5.74, 6) is 1.27. The maximum absolute atomic E-state index is 12.2. The number of benzene rings is 2. The van der Waals surface area contributed by atoms with Gasteiger partial charge in [-0.3, -0.25) is 14.5 Å². The predicted molar refractivity (Wildman–Crippen MR) is 137 cm³/mol. The molecule has 0 aliphatic heterocycles. The average molecular weight is 548 g/mol. The van der Waals surface area contributed by atoms with Crippen LogP contribution in [0.25, 0.3) is 0 Å². The molecule has 2 aromatic carbocycles. The standard InChI is InChI=1S/C23H28N6O2.HI/c1-24-23(26-14-13-25-22(30)18-8-10-21(31-2)11-9-18)27-16-19-6-3-4-7-20(19)17-29-15-5-12-28-29;/h3-12,15H,13-14,16-17H2,1-2H3,(H,25,30)(H2,24,26,27);1H. The molecule has 3 aromatic rings. The Balaban J connectivity index is 0.00000363. The van der Waals surface area contributed by atoms with Crippen molar-refractivity contribution in [1.82, 2.24) is 25.7 Å². The fraction of sp³-hybridized carbons (Fsp3) is 0.261. The summed E-state index contributed by atoms with van der Waals surface area (Å²) < 4.78 is 7.01. The van der Waals surface area contributed by atoms with E-state index in [1.807, 2.05) is 29.1 Å². The number of hydrogen-bond donors (Lipinski definition) is 3. The Kier molecular flexibility index (Phi) is 10.5. The highest BCUT2D eigenvalue weighted by molar-refractivity contribution is 14.0. The van der Waals surface area contributed by atoms with Crippen LogP contribution in [0.2, 0.25) is 0 Å². The average Bonchev–Trinajstić information content (AvgIpc) is 3.32. The molecule has 0 fully saturated rings. The van der Waals surface area contributed by atoms with Crippen LogP contribution >= 0.6 is 24.0 Å². The number of halogens is 1. The number of carbonyl (C=O) groups excluding carboxylic acids is 1. The van der Waals surface area contributed by atoms with Crippen molar-refractivity contribution < 1.29 is 9.53 Å². The Hall–Kier alpha value is -3.08. The lowest BCUT2D eigenvalue weighted by Gasteiger charge is -2.15. The van der Waals surface area contributed by atoms with Crippen LogP contribution in [-0.2, 0) is 13.1 Å². The van der Waals surface area contributed by atoms with Crippen LogP contribution < -0.4 is 20.7 Å². The molecule has 9 heteroatoms. The van der Waals surface area contributed by atoms with E-state index < -0.39 is 0 Å². The number of amides is 1. The fourth-order valence-corrected chi connectivity index (χ4v) is 3.05. The number of guanidine groups is 1. The van der Waals surface area contributed by atoms with Gasteiger partial charge in [0.1, 0.15) is 5.75 Å². The first-order chi connectivity index (χ1) is 15.2. The van der Waals surface area contributed by atoms with Crippen molar-refractivity contribution in [2.24, 2.45) is 4.99 Å². The van der Waals surface area contributed by atoms with Gasteiger partial charge in [0.25, 0.3) is 5.91 Å². The van der Waals surface area contributed by atoms with Crippen molar-refractivity contribution in [3.8, 4) is 5.75 Å². The van der Waals surface area contributed by atoms with Crippen LogP contribution in [0.4, 0.5) is 0 Å². The van der Waals surface area contributed by atoms with Gasteiger partial charge < -0.3 is 20.7 Å². The van der Waals surface area contributed by atoms with Crippen molar-refractivity contribution in [3.05, 3.63) is 83.7 Å². The molecular weight excluding hydrogens is 519 g/mol. The van der Waals surface area contributed by atoms with Crippen LogP contribution in [0.1, 0.15) is 21.5 Å². The van der Waals surface area contributed by atoms with Gasteiger partial charge in [-0.2, -0.15) is 5.10 Å². The molecule has 170 valence electrons. The third-order valence-electron chi connectivity index (χ3n) is 4.74. The molecule has 0 aliphatic carbocycles. The molecule has 0 aliphatic rings. The molecule has 0 radical (unpaired) electrons. The Bertz CT molecular complexity index is 990. The van der Waals surface area contributed by atoms with Crippen molar-refractivity contribution in [1.29, 1.82) is 0 Å². The monoisotopic (exact) mass is 548 g/mol. The highest BCUT2D eigenvalue weighted by Gasteiger charge is 2.06. The first-order valence-corrected chi connectivity index (χ1v) is 10.1. The molecule has 0 saturated heterocycles. The second kappa shape index (κ2) is 13.4. The molecule has 0 unspecified atom stereocenters. The van der Waals surface area contributed by atoms with Gasteiger partial charge in [-0.15, -0.1) is 24.0 Å². The first-order valence-electron chi connectivity index (χ1n) is 10.1. The van der Waals surface area contributed by atoms with E-state index in [0.29, 0.717) is 37.7 Å². The first kappa shape index (κ1) is 25.2. The van der Waals surface area contributed by atoms with Gasteiger partial charge in [0.05, 0.1) is 13.7 Å². The number of ether oxygens (including phenoxy) is 1. The minimum atomic E-state index is -0.125. The minimum absolute atomic E-state index is 0. The van der Waals surface area contributed by atoms with Crippen LogP contribution in [0, 0.1) is 0 Å². The molecule has 0 atom stereocenters. The summed E-state index contributed by atoms with van der Waals surface area (Å²) >= 11 is 0. The molecule has 0 saturated carbocycles. The minimum Gasteiger partial charge on any atom is -0.497 e. The summed E-state index contributed by atoms with van der Waals surface area (Å²) in [4.78, 5) is 16.5. The number of methoxy groups -OCH3 is 1. The van der Waals surface area contributed by atoms with Gasteiger partial charge in [0, 0.05) is 44.6 Å². The SMILES string of the molecule is CN=C(NCCNC(=O)c1ccc(OC)cc1)NCc1ccccc1Cn1cccn1.I. The summed E-state index contributed by atoms with van der Waals surface area (Å²) in [6.45, 7) is 2.38. The lowest BCUT2D eigenvalue weighted by molar-refractivity contribution is 0.0954. The molecule has 3 rings (SSSR count). The summed E-state index contributed by atoms with van der Waals surface area (Å²) in [6.07, 6.45) is 3.73. The van der Waals surface area contributed by atoms with E-state index in [-0.39, 0.29) is 29.9 Å². The zero-order valence-electron chi connectivity index (χ0n) is 18.2. The molecule has 0 spiro atoms. The van der Waals surface area contributed by atoms with Crippen molar-refractivity contribution >= 4 is 35.8 Å². The zero-order valence-corrected chi connectivity index (χ0v) is 20.6. The molecule has 8 nitrogen and oxygen atoms in total. The fourth-order valence-electron chi connectivity index (χ4n) is 3.05. The van der Waals surface area contributed by atoms with Gasteiger partial charge >= 0.3 is 0 Å². The maximum atomic E-state index is 12.2. The number of nitrogens with zero attached hydrogens (tertiary/aromatic N) is 3. The number of carbonyl (C=O) groups is 1. The lowest BCUT2D eigenvalue weighted by atomic mass is 10.1. The molecule has 32 heavy (non-hydrogen) atoms. The van der Waals surface area contributed by atoms with E-state index in [2.05, 4.69) is 38.2 Å². The molecule has 3 N–H and O–H groups in total.